The zero-order chi connectivity index (χ0) is 14.6. The molecule has 4 nitrogen and oxygen atoms in total. The summed E-state index contributed by atoms with van der Waals surface area (Å²) in [7, 11) is 0. The lowest BCUT2D eigenvalue weighted by atomic mass is 9.97. The fourth-order valence-corrected chi connectivity index (χ4v) is 2.82. The monoisotopic (exact) mass is 274 g/mol. The molecule has 0 radical (unpaired) electrons. The van der Waals surface area contributed by atoms with Crippen LogP contribution in [0.15, 0.2) is 30.3 Å². The van der Waals surface area contributed by atoms with Gasteiger partial charge in [-0.1, -0.05) is 30.3 Å². The molecule has 1 unspecified atom stereocenters. The summed E-state index contributed by atoms with van der Waals surface area (Å²) in [5.41, 5.74) is 0.296. The summed E-state index contributed by atoms with van der Waals surface area (Å²) >= 11 is 0. The number of nitrogens with zero attached hydrogens (tertiary/aromatic N) is 1. The van der Waals surface area contributed by atoms with E-state index in [4.69, 9.17) is 0 Å². The van der Waals surface area contributed by atoms with Crippen LogP contribution in [0.4, 0.5) is 0 Å². The molecule has 1 saturated heterocycles. The second kappa shape index (κ2) is 6.07. The van der Waals surface area contributed by atoms with Gasteiger partial charge in [0, 0.05) is 13.1 Å². The third kappa shape index (κ3) is 2.84. The third-order valence-corrected chi connectivity index (χ3v) is 3.97. The van der Waals surface area contributed by atoms with Crippen LogP contribution in [0.25, 0.3) is 0 Å². The first-order valence-electron chi connectivity index (χ1n) is 7.20. The minimum atomic E-state index is -0.693. The van der Waals surface area contributed by atoms with Crippen LogP contribution in [0.1, 0.15) is 32.3 Å². The third-order valence-electron chi connectivity index (χ3n) is 3.97. The van der Waals surface area contributed by atoms with E-state index in [0.717, 1.165) is 18.4 Å². The minimum absolute atomic E-state index is 0.0300. The molecule has 0 bridgehead atoms. The quantitative estimate of drug-likeness (QED) is 0.909. The van der Waals surface area contributed by atoms with E-state index >= 15 is 0 Å². The van der Waals surface area contributed by atoms with Crippen molar-refractivity contribution in [2.75, 3.05) is 13.1 Å². The van der Waals surface area contributed by atoms with Gasteiger partial charge in [0.15, 0.2) is 0 Å². The van der Waals surface area contributed by atoms with Crippen molar-refractivity contribution in [3.63, 3.8) is 0 Å². The molecule has 4 heteroatoms. The van der Waals surface area contributed by atoms with Gasteiger partial charge in [-0.3, -0.25) is 9.59 Å². The highest BCUT2D eigenvalue weighted by molar-refractivity contribution is 5.92. The molecule has 1 fully saturated rings. The summed E-state index contributed by atoms with van der Waals surface area (Å²) in [5, 5.41) is 2.84. The van der Waals surface area contributed by atoms with Crippen LogP contribution in [0.2, 0.25) is 0 Å². The maximum absolute atomic E-state index is 12.5. The zero-order valence-corrected chi connectivity index (χ0v) is 12.2. The Labute approximate surface area is 120 Å². The minimum Gasteiger partial charge on any atom is -0.354 e. The van der Waals surface area contributed by atoms with E-state index in [-0.39, 0.29) is 11.8 Å². The van der Waals surface area contributed by atoms with Gasteiger partial charge < -0.3 is 10.2 Å². The summed E-state index contributed by atoms with van der Waals surface area (Å²) < 4.78 is 0. The van der Waals surface area contributed by atoms with E-state index in [1.165, 1.54) is 0 Å². The predicted molar refractivity (Wildman–Crippen MR) is 78.2 cm³/mol. The Morgan fingerprint density at radius 1 is 1.30 bits per heavy atom. The van der Waals surface area contributed by atoms with Crippen molar-refractivity contribution in [1.29, 1.82) is 0 Å². The molecule has 1 aromatic carbocycles. The number of carbonyl (C=O) groups excluding carboxylic acids is 2. The Bertz CT molecular complexity index is 487. The van der Waals surface area contributed by atoms with Crippen molar-refractivity contribution >= 4 is 11.8 Å². The second-order valence-corrected chi connectivity index (χ2v) is 5.44. The van der Waals surface area contributed by atoms with Crippen molar-refractivity contribution in [3.05, 3.63) is 35.9 Å². The zero-order valence-electron chi connectivity index (χ0n) is 12.2. The number of hydrogen-bond acceptors (Lipinski definition) is 2. The Balaban J connectivity index is 2.10. The normalized spacial score (nSPS) is 21.8. The van der Waals surface area contributed by atoms with Crippen LogP contribution in [0.3, 0.4) is 0 Å². The molecule has 2 rings (SSSR count). The lowest BCUT2D eigenvalue weighted by molar-refractivity contribution is -0.143. The number of carbonyl (C=O) groups is 2. The van der Waals surface area contributed by atoms with Gasteiger partial charge >= 0.3 is 0 Å². The maximum Gasteiger partial charge on any atom is 0.245 e. The highest BCUT2D eigenvalue weighted by Crippen LogP contribution is 2.29. The summed E-state index contributed by atoms with van der Waals surface area (Å²) in [6.45, 7) is 5.02. The highest BCUT2D eigenvalue weighted by atomic mass is 16.2. The molecule has 1 aliphatic heterocycles. The second-order valence-electron chi connectivity index (χ2n) is 5.44. The average molecular weight is 274 g/mol. The fourth-order valence-electron chi connectivity index (χ4n) is 2.82. The number of likely N-dealkylation sites (N-methyl/N-ethyl adjacent to an activating group) is 1. The van der Waals surface area contributed by atoms with Gasteiger partial charge in [-0.05, 0) is 32.3 Å². The Morgan fingerprint density at radius 3 is 2.65 bits per heavy atom. The number of rotatable bonds is 4. The SMILES string of the molecule is CCNC(=O)C1(C)CCCN1C(=O)Cc1ccccc1. The van der Waals surface area contributed by atoms with Gasteiger partial charge in [-0.15, -0.1) is 0 Å². The molecule has 108 valence electrons. The Morgan fingerprint density at radius 2 is 2.00 bits per heavy atom. The van der Waals surface area contributed by atoms with Crippen molar-refractivity contribution < 1.29 is 9.59 Å². The predicted octanol–water partition coefficient (Wildman–Crippen LogP) is 1.75. The molecule has 0 spiro atoms. The maximum atomic E-state index is 12.5. The molecule has 1 atom stereocenters. The Hall–Kier alpha value is -1.84. The van der Waals surface area contributed by atoms with E-state index in [2.05, 4.69) is 5.32 Å². The van der Waals surface area contributed by atoms with E-state index < -0.39 is 5.54 Å². The van der Waals surface area contributed by atoms with Crippen LogP contribution < -0.4 is 5.32 Å². The smallest absolute Gasteiger partial charge is 0.245 e. The molecule has 1 heterocycles. The topological polar surface area (TPSA) is 49.4 Å². The molecule has 20 heavy (non-hydrogen) atoms. The molecular weight excluding hydrogens is 252 g/mol. The van der Waals surface area contributed by atoms with Crippen molar-refractivity contribution in [2.45, 2.75) is 38.6 Å². The van der Waals surface area contributed by atoms with Crippen LogP contribution in [0, 0.1) is 0 Å². The van der Waals surface area contributed by atoms with Crippen LogP contribution in [-0.4, -0.2) is 35.3 Å². The van der Waals surface area contributed by atoms with Crippen LogP contribution in [-0.2, 0) is 16.0 Å². The number of hydrogen-bond donors (Lipinski definition) is 1. The summed E-state index contributed by atoms with van der Waals surface area (Å²) in [6, 6.07) is 9.67. The lowest BCUT2D eigenvalue weighted by Gasteiger charge is -2.34. The molecular formula is C16H22N2O2. The van der Waals surface area contributed by atoms with Gasteiger partial charge in [-0.2, -0.15) is 0 Å². The van der Waals surface area contributed by atoms with Crippen LogP contribution in [0.5, 0.6) is 0 Å². The molecule has 0 aromatic heterocycles. The molecule has 0 aliphatic carbocycles. The van der Waals surface area contributed by atoms with Crippen LogP contribution >= 0.6 is 0 Å². The number of benzene rings is 1. The van der Waals surface area contributed by atoms with E-state index in [1.807, 2.05) is 44.2 Å². The van der Waals surface area contributed by atoms with Crippen molar-refractivity contribution in [3.8, 4) is 0 Å². The number of nitrogens with one attached hydrogen (secondary N) is 1. The molecule has 1 aliphatic rings. The van der Waals surface area contributed by atoms with Gasteiger partial charge in [0.2, 0.25) is 11.8 Å². The van der Waals surface area contributed by atoms with Gasteiger partial charge in [0.25, 0.3) is 0 Å². The standard InChI is InChI=1S/C16H22N2O2/c1-3-17-15(20)16(2)10-7-11-18(16)14(19)12-13-8-5-4-6-9-13/h4-6,8-9H,3,7,10-12H2,1-2H3,(H,17,20). The van der Waals surface area contributed by atoms with E-state index in [0.29, 0.717) is 19.5 Å². The fraction of sp³-hybridized carbons (Fsp3) is 0.500. The highest BCUT2D eigenvalue weighted by Gasteiger charge is 2.45. The average Bonchev–Trinajstić information content (AvgIpc) is 2.84. The first kappa shape index (κ1) is 14.6. The summed E-state index contributed by atoms with van der Waals surface area (Å²) in [5.74, 6) is -0.0126. The Kier molecular flexibility index (Phi) is 4.42. The summed E-state index contributed by atoms with van der Waals surface area (Å²) in [6.07, 6.45) is 1.98. The first-order chi connectivity index (χ1) is 9.58. The molecule has 1 N–H and O–H groups in total. The summed E-state index contributed by atoms with van der Waals surface area (Å²) in [4.78, 5) is 26.5. The van der Waals surface area contributed by atoms with Gasteiger partial charge in [-0.25, -0.2) is 0 Å². The molecule has 0 saturated carbocycles. The number of amides is 2. The first-order valence-corrected chi connectivity index (χ1v) is 7.20. The van der Waals surface area contributed by atoms with Gasteiger partial charge in [0.05, 0.1) is 6.42 Å². The lowest BCUT2D eigenvalue weighted by Crippen LogP contribution is -2.55. The van der Waals surface area contributed by atoms with Crippen molar-refractivity contribution in [1.82, 2.24) is 10.2 Å². The van der Waals surface area contributed by atoms with Gasteiger partial charge in [0.1, 0.15) is 5.54 Å². The number of likely N-dealkylation sites (tertiary alicyclic amines) is 1. The molecule has 1 aromatic rings. The van der Waals surface area contributed by atoms with Crippen molar-refractivity contribution in [2.24, 2.45) is 0 Å². The van der Waals surface area contributed by atoms with E-state index in [9.17, 15) is 9.59 Å². The van der Waals surface area contributed by atoms with E-state index in [1.54, 1.807) is 4.90 Å². The largest absolute Gasteiger partial charge is 0.354 e. The molecule has 2 amide bonds.